The molecule has 0 aromatic heterocycles. The van der Waals surface area contributed by atoms with Crippen LogP contribution in [0, 0.1) is 6.92 Å². The zero-order valence-corrected chi connectivity index (χ0v) is 13.3. The minimum Gasteiger partial charge on any atom is -0.469 e. The molecule has 116 valence electrons. The van der Waals surface area contributed by atoms with E-state index >= 15 is 0 Å². The molecule has 0 fully saturated rings. The Hall–Kier alpha value is -2.04. The van der Waals surface area contributed by atoms with Crippen molar-refractivity contribution in [1.82, 2.24) is 0 Å². The number of carbonyl (C=O) groups excluding carboxylic acids is 2. The van der Waals surface area contributed by atoms with Gasteiger partial charge in [-0.2, -0.15) is 0 Å². The lowest BCUT2D eigenvalue weighted by Crippen LogP contribution is -2.27. The lowest BCUT2D eigenvalue weighted by molar-refractivity contribution is -0.140. The summed E-state index contributed by atoms with van der Waals surface area (Å²) < 4.78 is 9.82. The monoisotopic (exact) mass is 293 g/mol. The van der Waals surface area contributed by atoms with Crippen LogP contribution in [0.2, 0.25) is 0 Å². The lowest BCUT2D eigenvalue weighted by Gasteiger charge is -2.20. The van der Waals surface area contributed by atoms with Crippen molar-refractivity contribution in [3.63, 3.8) is 0 Å². The average molecular weight is 293 g/mol. The van der Waals surface area contributed by atoms with Gasteiger partial charge in [-0.25, -0.2) is 4.79 Å². The van der Waals surface area contributed by atoms with Crippen LogP contribution in [-0.4, -0.2) is 24.8 Å². The number of hydrogen-bond acceptors (Lipinski definition) is 4. The molecule has 0 heterocycles. The molecule has 21 heavy (non-hydrogen) atoms. The molecule has 0 unspecified atom stereocenters. The summed E-state index contributed by atoms with van der Waals surface area (Å²) in [6.07, 6.45) is 0.478. The van der Waals surface area contributed by atoms with Crippen LogP contribution in [0.15, 0.2) is 18.2 Å². The third kappa shape index (κ3) is 6.29. The highest BCUT2D eigenvalue weighted by Gasteiger charge is 2.16. The van der Waals surface area contributed by atoms with Gasteiger partial charge in [0.25, 0.3) is 0 Å². The van der Waals surface area contributed by atoms with E-state index in [1.165, 1.54) is 7.11 Å². The highest BCUT2D eigenvalue weighted by atomic mass is 16.6. The zero-order chi connectivity index (χ0) is 16.0. The van der Waals surface area contributed by atoms with Crippen molar-refractivity contribution in [2.24, 2.45) is 0 Å². The van der Waals surface area contributed by atoms with Crippen LogP contribution < -0.4 is 5.32 Å². The second-order valence-electron chi connectivity index (χ2n) is 5.84. The Kier molecular flexibility index (Phi) is 5.76. The van der Waals surface area contributed by atoms with Crippen LogP contribution in [-0.2, 0) is 20.7 Å². The van der Waals surface area contributed by atoms with Gasteiger partial charge in [0.2, 0.25) is 0 Å². The van der Waals surface area contributed by atoms with Gasteiger partial charge in [-0.05, 0) is 57.4 Å². The summed E-state index contributed by atoms with van der Waals surface area (Å²) in [6.45, 7) is 7.38. The first-order valence-electron chi connectivity index (χ1n) is 6.87. The van der Waals surface area contributed by atoms with Crippen molar-refractivity contribution in [3.8, 4) is 0 Å². The second-order valence-corrected chi connectivity index (χ2v) is 5.84. The van der Waals surface area contributed by atoms with E-state index in [1.807, 2.05) is 39.8 Å². The fraction of sp³-hybridized carbons (Fsp3) is 0.500. The minimum atomic E-state index is -0.528. The number of hydrogen-bond donors (Lipinski definition) is 1. The minimum absolute atomic E-state index is 0.231. The van der Waals surface area contributed by atoms with Crippen LogP contribution in [0.25, 0.3) is 0 Å². The molecule has 0 bridgehead atoms. The molecular formula is C16H23NO4. The molecule has 0 saturated carbocycles. The Morgan fingerprint density at radius 1 is 1.24 bits per heavy atom. The van der Waals surface area contributed by atoms with E-state index in [1.54, 1.807) is 6.07 Å². The molecular weight excluding hydrogens is 270 g/mol. The summed E-state index contributed by atoms with van der Waals surface area (Å²) in [4.78, 5) is 22.8. The number of aryl methyl sites for hydroxylation is 2. The Morgan fingerprint density at radius 3 is 2.43 bits per heavy atom. The van der Waals surface area contributed by atoms with E-state index in [2.05, 4.69) is 10.1 Å². The quantitative estimate of drug-likeness (QED) is 0.864. The molecule has 1 rings (SSSR count). The van der Waals surface area contributed by atoms with E-state index in [0.717, 1.165) is 11.1 Å². The van der Waals surface area contributed by atoms with E-state index in [9.17, 15) is 9.59 Å². The topological polar surface area (TPSA) is 64.6 Å². The van der Waals surface area contributed by atoms with Crippen molar-refractivity contribution in [1.29, 1.82) is 0 Å². The number of anilines is 1. The van der Waals surface area contributed by atoms with E-state index in [4.69, 9.17) is 4.74 Å². The second kappa shape index (κ2) is 7.11. The normalized spacial score (nSPS) is 10.9. The molecule has 1 aromatic rings. The van der Waals surface area contributed by atoms with E-state index in [-0.39, 0.29) is 5.97 Å². The molecule has 0 spiro atoms. The maximum Gasteiger partial charge on any atom is 0.412 e. The van der Waals surface area contributed by atoms with Crippen LogP contribution >= 0.6 is 0 Å². The Bertz CT molecular complexity index is 517. The van der Waals surface area contributed by atoms with Gasteiger partial charge in [0.05, 0.1) is 7.11 Å². The number of amides is 1. The number of ether oxygens (including phenoxy) is 2. The number of rotatable bonds is 4. The summed E-state index contributed by atoms with van der Waals surface area (Å²) >= 11 is 0. The van der Waals surface area contributed by atoms with Gasteiger partial charge in [0, 0.05) is 12.1 Å². The van der Waals surface area contributed by atoms with Gasteiger partial charge < -0.3 is 9.47 Å². The van der Waals surface area contributed by atoms with Gasteiger partial charge >= 0.3 is 12.1 Å². The predicted octanol–water partition coefficient (Wildman–Crippen LogP) is 3.45. The number of esters is 1. The third-order valence-corrected chi connectivity index (χ3v) is 2.81. The van der Waals surface area contributed by atoms with Crippen LogP contribution in [0.4, 0.5) is 10.5 Å². The van der Waals surface area contributed by atoms with Crippen molar-refractivity contribution >= 4 is 17.7 Å². The molecule has 1 aromatic carbocycles. The van der Waals surface area contributed by atoms with Crippen LogP contribution in [0.1, 0.15) is 38.3 Å². The van der Waals surface area contributed by atoms with Crippen LogP contribution in [0.3, 0.4) is 0 Å². The number of nitrogens with one attached hydrogen (secondary N) is 1. The Morgan fingerprint density at radius 2 is 1.90 bits per heavy atom. The summed E-state index contributed by atoms with van der Waals surface area (Å²) in [7, 11) is 1.38. The van der Waals surface area contributed by atoms with Gasteiger partial charge in [-0.15, -0.1) is 0 Å². The molecule has 0 atom stereocenters. The van der Waals surface area contributed by atoms with Crippen molar-refractivity contribution in [2.45, 2.75) is 46.1 Å². The summed E-state index contributed by atoms with van der Waals surface area (Å²) in [6, 6.07) is 5.55. The molecule has 0 aliphatic carbocycles. The molecule has 0 aliphatic heterocycles. The van der Waals surface area contributed by atoms with Gasteiger partial charge in [-0.1, -0.05) is 6.07 Å². The zero-order valence-electron chi connectivity index (χ0n) is 13.3. The number of carbonyl (C=O) groups is 2. The standard InChI is InChI=1S/C16H23NO4/c1-11-10-13(17-15(19)21-16(2,3)4)8-6-12(11)7-9-14(18)20-5/h6,8,10H,7,9H2,1-5H3,(H,17,19). The molecule has 1 amide bonds. The lowest BCUT2D eigenvalue weighted by atomic mass is 10.0. The Balaban J connectivity index is 2.65. The van der Waals surface area contributed by atoms with Gasteiger partial charge in [0.15, 0.2) is 0 Å². The summed E-state index contributed by atoms with van der Waals surface area (Å²) in [5.41, 5.74) is 2.20. The van der Waals surface area contributed by atoms with Gasteiger partial charge in [0.1, 0.15) is 5.60 Å². The maximum atomic E-state index is 11.7. The SMILES string of the molecule is COC(=O)CCc1ccc(NC(=O)OC(C)(C)C)cc1C. The van der Waals surface area contributed by atoms with Crippen LogP contribution in [0.5, 0.6) is 0 Å². The van der Waals surface area contributed by atoms with Crippen molar-refractivity contribution in [2.75, 3.05) is 12.4 Å². The average Bonchev–Trinajstić information content (AvgIpc) is 2.35. The number of benzene rings is 1. The first-order chi connectivity index (χ1) is 9.71. The maximum absolute atomic E-state index is 11.7. The van der Waals surface area contributed by atoms with Gasteiger partial charge in [-0.3, -0.25) is 10.1 Å². The fourth-order valence-corrected chi connectivity index (χ4v) is 1.81. The molecule has 5 heteroatoms. The smallest absolute Gasteiger partial charge is 0.412 e. The van der Waals surface area contributed by atoms with Crippen molar-refractivity contribution in [3.05, 3.63) is 29.3 Å². The largest absolute Gasteiger partial charge is 0.469 e. The van der Waals surface area contributed by atoms with E-state index < -0.39 is 11.7 Å². The summed E-state index contributed by atoms with van der Waals surface area (Å²) in [5, 5.41) is 2.69. The summed E-state index contributed by atoms with van der Waals surface area (Å²) in [5.74, 6) is -0.231. The van der Waals surface area contributed by atoms with Crippen molar-refractivity contribution < 1.29 is 19.1 Å². The first kappa shape index (κ1) is 17.0. The predicted molar refractivity (Wildman–Crippen MR) is 81.4 cm³/mol. The highest BCUT2D eigenvalue weighted by molar-refractivity contribution is 5.85. The third-order valence-electron chi connectivity index (χ3n) is 2.81. The molecule has 0 saturated heterocycles. The molecule has 0 radical (unpaired) electrons. The Labute approximate surface area is 125 Å². The first-order valence-corrected chi connectivity index (χ1v) is 6.87. The molecule has 0 aliphatic rings. The molecule has 1 N–H and O–H groups in total. The molecule has 5 nitrogen and oxygen atoms in total. The fourth-order valence-electron chi connectivity index (χ4n) is 1.81. The highest BCUT2D eigenvalue weighted by Crippen LogP contribution is 2.18. The van der Waals surface area contributed by atoms with E-state index in [0.29, 0.717) is 18.5 Å². The number of methoxy groups -OCH3 is 1.